The van der Waals surface area contributed by atoms with Crippen LogP contribution in [0.5, 0.6) is 5.75 Å². The third-order valence-electron chi connectivity index (χ3n) is 2.99. The topological polar surface area (TPSA) is 34.1 Å². The minimum Gasteiger partial charge on any atom is -0.497 e. The van der Waals surface area contributed by atoms with E-state index in [1.165, 1.54) is 5.56 Å². The highest BCUT2D eigenvalue weighted by molar-refractivity contribution is 9.10. The summed E-state index contributed by atoms with van der Waals surface area (Å²) < 4.78 is 6.15. The quantitative estimate of drug-likeness (QED) is 0.912. The molecule has 2 rings (SSSR count). The van der Waals surface area contributed by atoms with Gasteiger partial charge in [0.05, 0.1) is 12.8 Å². The van der Waals surface area contributed by atoms with Gasteiger partial charge in [0.25, 0.3) is 0 Å². The second-order valence-corrected chi connectivity index (χ2v) is 5.26. The highest BCUT2D eigenvalue weighted by Crippen LogP contribution is 2.17. The fourth-order valence-corrected chi connectivity index (χ4v) is 2.01. The van der Waals surface area contributed by atoms with Gasteiger partial charge in [-0.15, -0.1) is 0 Å². The summed E-state index contributed by atoms with van der Waals surface area (Å²) in [5.74, 6) is 0.880. The highest BCUT2D eigenvalue weighted by Gasteiger charge is 2.05. The highest BCUT2D eigenvalue weighted by atomic mass is 79.9. The first-order valence-electron chi connectivity index (χ1n) is 6.17. The standard InChI is InChI=1S/C15H17BrN2O/c1-11(12-3-7-15(19-2)8-4-12)17-10-14-6-5-13(16)9-18-14/h3-9,11,17H,10H2,1-2H3/t11-/m1/s1. The van der Waals surface area contributed by atoms with Gasteiger partial charge in [-0.2, -0.15) is 0 Å². The van der Waals surface area contributed by atoms with Crippen LogP contribution in [0.1, 0.15) is 24.2 Å². The molecule has 100 valence electrons. The third kappa shape index (κ3) is 4.04. The molecule has 0 aliphatic rings. The van der Waals surface area contributed by atoms with Crippen LogP contribution in [0.3, 0.4) is 0 Å². The molecule has 4 heteroatoms. The van der Waals surface area contributed by atoms with Gasteiger partial charge in [-0.1, -0.05) is 12.1 Å². The summed E-state index contributed by atoms with van der Waals surface area (Å²) in [5, 5.41) is 3.45. The summed E-state index contributed by atoms with van der Waals surface area (Å²) in [5.41, 5.74) is 2.27. The van der Waals surface area contributed by atoms with Gasteiger partial charge in [0.15, 0.2) is 0 Å². The molecule has 0 unspecified atom stereocenters. The zero-order valence-corrected chi connectivity index (χ0v) is 12.6. The van der Waals surface area contributed by atoms with E-state index in [0.29, 0.717) is 0 Å². The van der Waals surface area contributed by atoms with Crippen molar-refractivity contribution >= 4 is 15.9 Å². The number of halogens is 1. The van der Waals surface area contributed by atoms with Gasteiger partial charge < -0.3 is 10.1 Å². The van der Waals surface area contributed by atoms with Crippen molar-refractivity contribution in [2.24, 2.45) is 0 Å². The van der Waals surface area contributed by atoms with Gasteiger partial charge in [-0.25, -0.2) is 0 Å². The lowest BCUT2D eigenvalue weighted by atomic mass is 10.1. The van der Waals surface area contributed by atoms with E-state index in [2.05, 4.69) is 45.3 Å². The summed E-state index contributed by atoms with van der Waals surface area (Å²) in [6.45, 7) is 2.89. The molecular formula is C15H17BrN2O. The lowest BCUT2D eigenvalue weighted by Crippen LogP contribution is -2.18. The number of pyridine rings is 1. The monoisotopic (exact) mass is 320 g/mol. The van der Waals surface area contributed by atoms with Crippen LogP contribution in [-0.2, 0) is 6.54 Å². The first kappa shape index (κ1) is 14.0. The Balaban J connectivity index is 1.93. The number of aromatic nitrogens is 1. The molecule has 0 bridgehead atoms. The molecule has 0 saturated heterocycles. The van der Waals surface area contributed by atoms with Crippen molar-refractivity contribution in [2.75, 3.05) is 7.11 Å². The Morgan fingerprint density at radius 3 is 2.53 bits per heavy atom. The fourth-order valence-electron chi connectivity index (χ4n) is 1.78. The number of nitrogens with zero attached hydrogens (tertiary/aromatic N) is 1. The van der Waals surface area contributed by atoms with Gasteiger partial charge in [-0.3, -0.25) is 4.98 Å². The Hall–Kier alpha value is -1.39. The van der Waals surface area contributed by atoms with E-state index in [9.17, 15) is 0 Å². The molecule has 0 aliphatic heterocycles. The van der Waals surface area contributed by atoms with Crippen LogP contribution in [0.4, 0.5) is 0 Å². The summed E-state index contributed by atoms with van der Waals surface area (Å²) in [7, 11) is 1.68. The maximum absolute atomic E-state index is 5.15. The first-order chi connectivity index (χ1) is 9.19. The van der Waals surface area contributed by atoms with Gasteiger partial charge >= 0.3 is 0 Å². The number of hydrogen-bond donors (Lipinski definition) is 1. The number of hydrogen-bond acceptors (Lipinski definition) is 3. The van der Waals surface area contributed by atoms with Crippen LogP contribution in [0, 0.1) is 0 Å². The van der Waals surface area contributed by atoms with Gasteiger partial charge in [0.2, 0.25) is 0 Å². The molecule has 1 aromatic carbocycles. The summed E-state index contributed by atoms with van der Waals surface area (Å²) in [6, 6.07) is 12.4. The number of ether oxygens (including phenoxy) is 1. The Kier molecular flexibility index (Phi) is 4.93. The molecule has 1 heterocycles. The first-order valence-corrected chi connectivity index (χ1v) is 6.96. The zero-order chi connectivity index (χ0) is 13.7. The van der Waals surface area contributed by atoms with Crippen LogP contribution >= 0.6 is 15.9 Å². The van der Waals surface area contributed by atoms with Crippen molar-refractivity contribution in [1.29, 1.82) is 0 Å². The summed E-state index contributed by atoms with van der Waals surface area (Å²) in [4.78, 5) is 4.34. The molecule has 0 spiro atoms. The molecule has 0 aliphatic carbocycles. The Bertz CT molecular complexity index is 511. The normalized spacial score (nSPS) is 12.2. The van der Waals surface area contributed by atoms with Crippen LogP contribution in [0.15, 0.2) is 47.1 Å². The lowest BCUT2D eigenvalue weighted by molar-refractivity contribution is 0.414. The third-order valence-corrected chi connectivity index (χ3v) is 3.46. The second-order valence-electron chi connectivity index (χ2n) is 4.34. The van der Waals surface area contributed by atoms with Crippen LogP contribution < -0.4 is 10.1 Å². The number of benzene rings is 1. The molecule has 1 N–H and O–H groups in total. The van der Waals surface area contributed by atoms with Crippen molar-refractivity contribution in [3.63, 3.8) is 0 Å². The van der Waals surface area contributed by atoms with E-state index in [4.69, 9.17) is 4.74 Å². The summed E-state index contributed by atoms with van der Waals surface area (Å²) >= 11 is 3.38. The van der Waals surface area contributed by atoms with Crippen molar-refractivity contribution in [3.8, 4) is 5.75 Å². The molecule has 0 radical (unpaired) electrons. The van der Waals surface area contributed by atoms with E-state index < -0.39 is 0 Å². The number of nitrogens with one attached hydrogen (secondary N) is 1. The molecule has 2 aromatic rings. The van der Waals surface area contributed by atoms with E-state index >= 15 is 0 Å². The van der Waals surface area contributed by atoms with E-state index in [-0.39, 0.29) is 6.04 Å². The van der Waals surface area contributed by atoms with Crippen molar-refractivity contribution in [3.05, 3.63) is 58.3 Å². The number of rotatable bonds is 5. The van der Waals surface area contributed by atoms with Gasteiger partial charge in [-0.05, 0) is 52.7 Å². The number of methoxy groups -OCH3 is 1. The van der Waals surface area contributed by atoms with Crippen molar-refractivity contribution in [1.82, 2.24) is 10.3 Å². The second kappa shape index (κ2) is 6.68. The van der Waals surface area contributed by atoms with Gasteiger partial charge in [0.1, 0.15) is 5.75 Å². The molecule has 0 saturated carbocycles. The van der Waals surface area contributed by atoms with Crippen molar-refractivity contribution < 1.29 is 4.74 Å². The Morgan fingerprint density at radius 1 is 1.21 bits per heavy atom. The lowest BCUT2D eigenvalue weighted by Gasteiger charge is -2.14. The Morgan fingerprint density at radius 2 is 1.95 bits per heavy atom. The van der Waals surface area contributed by atoms with Crippen molar-refractivity contribution in [2.45, 2.75) is 19.5 Å². The minimum absolute atomic E-state index is 0.274. The Labute approximate surface area is 122 Å². The maximum Gasteiger partial charge on any atom is 0.118 e. The molecule has 1 aromatic heterocycles. The zero-order valence-electron chi connectivity index (χ0n) is 11.1. The molecular weight excluding hydrogens is 304 g/mol. The smallest absolute Gasteiger partial charge is 0.118 e. The van der Waals surface area contributed by atoms with E-state index in [0.717, 1.165) is 22.5 Å². The van der Waals surface area contributed by atoms with Crippen LogP contribution in [0.2, 0.25) is 0 Å². The predicted octanol–water partition coefficient (Wildman–Crippen LogP) is 3.70. The van der Waals surface area contributed by atoms with E-state index in [1.807, 2.05) is 30.5 Å². The average molecular weight is 321 g/mol. The molecule has 0 amide bonds. The van der Waals surface area contributed by atoms with Gasteiger partial charge in [0, 0.05) is 23.3 Å². The largest absolute Gasteiger partial charge is 0.497 e. The van der Waals surface area contributed by atoms with E-state index in [1.54, 1.807) is 7.11 Å². The SMILES string of the molecule is COc1ccc([C@@H](C)NCc2ccc(Br)cn2)cc1. The predicted molar refractivity (Wildman–Crippen MR) is 80.2 cm³/mol. The molecule has 0 fully saturated rings. The molecule has 1 atom stereocenters. The average Bonchev–Trinajstić information content (AvgIpc) is 2.46. The maximum atomic E-state index is 5.15. The fraction of sp³-hybridized carbons (Fsp3) is 0.267. The summed E-state index contributed by atoms with van der Waals surface area (Å²) in [6.07, 6.45) is 1.81. The van der Waals surface area contributed by atoms with Crippen LogP contribution in [-0.4, -0.2) is 12.1 Å². The molecule has 3 nitrogen and oxygen atoms in total. The van der Waals surface area contributed by atoms with Crippen LogP contribution in [0.25, 0.3) is 0 Å². The minimum atomic E-state index is 0.274. The molecule has 19 heavy (non-hydrogen) atoms.